The van der Waals surface area contributed by atoms with E-state index in [1.54, 1.807) is 0 Å². The van der Waals surface area contributed by atoms with Crippen LogP contribution in [0.4, 0.5) is 0 Å². The number of benzene rings is 1. The SMILES string of the molecule is CCn1c(=O)n(CC2CCOCC2)c2ccccc21. The lowest BCUT2D eigenvalue weighted by atomic mass is 10.0. The molecule has 1 aromatic carbocycles. The van der Waals surface area contributed by atoms with Crippen LogP contribution in [0.5, 0.6) is 0 Å². The van der Waals surface area contributed by atoms with Gasteiger partial charge in [0, 0.05) is 26.3 Å². The van der Waals surface area contributed by atoms with E-state index in [-0.39, 0.29) is 5.69 Å². The Labute approximate surface area is 112 Å². The van der Waals surface area contributed by atoms with Gasteiger partial charge in [0.2, 0.25) is 0 Å². The second-order valence-corrected chi connectivity index (χ2v) is 5.18. The van der Waals surface area contributed by atoms with Crippen molar-refractivity contribution in [1.82, 2.24) is 9.13 Å². The van der Waals surface area contributed by atoms with E-state index in [9.17, 15) is 4.79 Å². The Kier molecular flexibility index (Phi) is 3.42. The maximum Gasteiger partial charge on any atom is 0.329 e. The van der Waals surface area contributed by atoms with E-state index in [0.29, 0.717) is 5.92 Å². The molecular weight excluding hydrogens is 240 g/mol. The number of rotatable bonds is 3. The molecule has 1 fully saturated rings. The molecule has 1 aromatic heterocycles. The van der Waals surface area contributed by atoms with Gasteiger partial charge in [-0.1, -0.05) is 12.1 Å². The van der Waals surface area contributed by atoms with Gasteiger partial charge in [0.1, 0.15) is 0 Å². The molecule has 0 bridgehead atoms. The molecule has 0 radical (unpaired) electrons. The molecule has 4 nitrogen and oxygen atoms in total. The molecule has 19 heavy (non-hydrogen) atoms. The summed E-state index contributed by atoms with van der Waals surface area (Å²) in [5.74, 6) is 0.558. The Bertz CT molecular complexity index is 621. The van der Waals surface area contributed by atoms with Gasteiger partial charge in [0.25, 0.3) is 0 Å². The van der Waals surface area contributed by atoms with Crippen LogP contribution in [0, 0.1) is 5.92 Å². The molecule has 0 saturated carbocycles. The molecule has 1 aliphatic rings. The molecule has 0 amide bonds. The third kappa shape index (κ3) is 2.21. The third-order valence-electron chi connectivity index (χ3n) is 4.02. The van der Waals surface area contributed by atoms with Crippen LogP contribution in [0.2, 0.25) is 0 Å². The zero-order chi connectivity index (χ0) is 13.2. The summed E-state index contributed by atoms with van der Waals surface area (Å²) in [4.78, 5) is 12.5. The van der Waals surface area contributed by atoms with Crippen LogP contribution in [0.3, 0.4) is 0 Å². The van der Waals surface area contributed by atoms with Crippen LogP contribution in [-0.2, 0) is 17.8 Å². The van der Waals surface area contributed by atoms with Gasteiger partial charge in [-0.3, -0.25) is 9.13 Å². The van der Waals surface area contributed by atoms with Crippen molar-refractivity contribution >= 4 is 11.0 Å². The predicted octanol–water partition coefficient (Wildman–Crippen LogP) is 2.25. The summed E-state index contributed by atoms with van der Waals surface area (Å²) in [5.41, 5.74) is 2.22. The average molecular weight is 260 g/mol. The monoisotopic (exact) mass is 260 g/mol. The lowest BCUT2D eigenvalue weighted by Crippen LogP contribution is -2.28. The molecule has 102 valence electrons. The number of aryl methyl sites for hydroxylation is 1. The molecule has 4 heteroatoms. The molecule has 0 unspecified atom stereocenters. The van der Waals surface area contributed by atoms with Gasteiger partial charge in [-0.2, -0.15) is 0 Å². The second-order valence-electron chi connectivity index (χ2n) is 5.18. The van der Waals surface area contributed by atoms with Gasteiger partial charge in [0.15, 0.2) is 0 Å². The highest BCUT2D eigenvalue weighted by molar-refractivity contribution is 5.75. The van der Waals surface area contributed by atoms with Crippen LogP contribution in [0.1, 0.15) is 19.8 Å². The molecule has 0 N–H and O–H groups in total. The number of ether oxygens (including phenoxy) is 1. The maximum atomic E-state index is 12.5. The third-order valence-corrected chi connectivity index (χ3v) is 4.02. The molecular formula is C15H20N2O2. The number of para-hydroxylation sites is 2. The highest BCUT2D eigenvalue weighted by Gasteiger charge is 2.18. The number of nitrogens with zero attached hydrogens (tertiary/aromatic N) is 2. The Hall–Kier alpha value is -1.55. The lowest BCUT2D eigenvalue weighted by Gasteiger charge is -2.22. The van der Waals surface area contributed by atoms with E-state index in [1.807, 2.05) is 40.3 Å². The van der Waals surface area contributed by atoms with Gasteiger partial charge in [-0.15, -0.1) is 0 Å². The van der Waals surface area contributed by atoms with E-state index in [4.69, 9.17) is 4.74 Å². The van der Waals surface area contributed by atoms with E-state index in [1.165, 1.54) is 0 Å². The second kappa shape index (κ2) is 5.21. The first-order valence-electron chi connectivity index (χ1n) is 7.07. The summed E-state index contributed by atoms with van der Waals surface area (Å²) in [5, 5.41) is 0. The van der Waals surface area contributed by atoms with Crippen molar-refractivity contribution in [2.45, 2.75) is 32.9 Å². The number of hydrogen-bond acceptors (Lipinski definition) is 2. The van der Waals surface area contributed by atoms with Gasteiger partial charge in [-0.25, -0.2) is 4.79 Å². The van der Waals surface area contributed by atoms with Crippen molar-refractivity contribution in [2.75, 3.05) is 13.2 Å². The van der Waals surface area contributed by atoms with Crippen LogP contribution in [0.15, 0.2) is 29.1 Å². The smallest absolute Gasteiger partial charge is 0.329 e. The molecule has 0 spiro atoms. The predicted molar refractivity (Wildman–Crippen MR) is 75.4 cm³/mol. The van der Waals surface area contributed by atoms with E-state index >= 15 is 0 Å². The van der Waals surface area contributed by atoms with E-state index in [0.717, 1.165) is 50.2 Å². The Morgan fingerprint density at radius 3 is 2.42 bits per heavy atom. The van der Waals surface area contributed by atoms with Crippen molar-refractivity contribution in [1.29, 1.82) is 0 Å². The molecule has 0 atom stereocenters. The molecule has 2 heterocycles. The first kappa shape index (κ1) is 12.5. The summed E-state index contributed by atoms with van der Waals surface area (Å²) in [7, 11) is 0. The van der Waals surface area contributed by atoms with Crippen LogP contribution >= 0.6 is 0 Å². The Morgan fingerprint density at radius 1 is 1.16 bits per heavy atom. The summed E-state index contributed by atoms with van der Waals surface area (Å²) >= 11 is 0. The van der Waals surface area contributed by atoms with Crippen molar-refractivity contribution < 1.29 is 4.74 Å². The van der Waals surface area contributed by atoms with Gasteiger partial charge in [0.05, 0.1) is 11.0 Å². The number of imidazole rings is 1. The van der Waals surface area contributed by atoms with Gasteiger partial charge in [-0.05, 0) is 37.8 Å². The van der Waals surface area contributed by atoms with Crippen LogP contribution < -0.4 is 5.69 Å². The van der Waals surface area contributed by atoms with E-state index in [2.05, 4.69) is 0 Å². The Morgan fingerprint density at radius 2 is 1.79 bits per heavy atom. The number of hydrogen-bond donors (Lipinski definition) is 0. The van der Waals surface area contributed by atoms with Crippen molar-refractivity contribution in [3.8, 4) is 0 Å². The molecule has 3 rings (SSSR count). The molecule has 0 aliphatic carbocycles. The highest BCUT2D eigenvalue weighted by Crippen LogP contribution is 2.19. The summed E-state index contributed by atoms with van der Waals surface area (Å²) in [6, 6.07) is 8.07. The van der Waals surface area contributed by atoms with Crippen LogP contribution in [-0.4, -0.2) is 22.3 Å². The number of fused-ring (bicyclic) bond motifs is 1. The fraction of sp³-hybridized carbons (Fsp3) is 0.533. The van der Waals surface area contributed by atoms with Gasteiger partial charge < -0.3 is 4.74 Å². The fourth-order valence-electron chi connectivity index (χ4n) is 2.94. The van der Waals surface area contributed by atoms with E-state index < -0.39 is 0 Å². The molecule has 2 aromatic rings. The minimum Gasteiger partial charge on any atom is -0.381 e. The van der Waals surface area contributed by atoms with Crippen molar-refractivity contribution in [3.63, 3.8) is 0 Å². The highest BCUT2D eigenvalue weighted by atomic mass is 16.5. The fourth-order valence-corrected chi connectivity index (χ4v) is 2.94. The van der Waals surface area contributed by atoms with Gasteiger partial charge >= 0.3 is 5.69 Å². The summed E-state index contributed by atoms with van der Waals surface area (Å²) in [6.45, 7) is 5.21. The normalized spacial score (nSPS) is 17.1. The number of aromatic nitrogens is 2. The van der Waals surface area contributed by atoms with Crippen molar-refractivity contribution in [3.05, 3.63) is 34.7 Å². The van der Waals surface area contributed by atoms with Crippen LogP contribution in [0.25, 0.3) is 11.0 Å². The standard InChI is InChI=1S/C15H20N2O2/c1-2-16-13-5-3-4-6-14(13)17(15(16)18)11-12-7-9-19-10-8-12/h3-6,12H,2,7-11H2,1H3. The minimum atomic E-state index is 0.121. The summed E-state index contributed by atoms with van der Waals surface area (Å²) in [6.07, 6.45) is 2.11. The minimum absolute atomic E-state index is 0.121. The first-order chi connectivity index (χ1) is 9.31. The zero-order valence-corrected chi connectivity index (χ0v) is 11.3. The quantitative estimate of drug-likeness (QED) is 0.848. The lowest BCUT2D eigenvalue weighted by molar-refractivity contribution is 0.0612. The first-order valence-corrected chi connectivity index (χ1v) is 7.07. The zero-order valence-electron chi connectivity index (χ0n) is 11.3. The molecule has 1 aliphatic heterocycles. The molecule has 1 saturated heterocycles. The summed E-state index contributed by atoms with van der Waals surface area (Å²) < 4.78 is 9.18. The average Bonchev–Trinajstić information content (AvgIpc) is 2.73. The van der Waals surface area contributed by atoms with Crippen molar-refractivity contribution in [2.24, 2.45) is 5.92 Å². The largest absolute Gasteiger partial charge is 0.381 e. The Balaban J connectivity index is 2.02. The topological polar surface area (TPSA) is 36.2 Å². The maximum absolute atomic E-state index is 12.5.